The normalized spacial score (nSPS) is 4.07. The van der Waals surface area contributed by atoms with Gasteiger partial charge in [0.1, 0.15) is 0 Å². The third kappa shape index (κ3) is 15100. The minimum absolute atomic E-state index is 0. The molecular formula is H10Al3Ba3O40Si10V3. The monoisotopic (exact) mass is 1580 g/mol. The summed E-state index contributed by atoms with van der Waals surface area (Å²) >= 11 is 0. The summed E-state index contributed by atoms with van der Waals surface area (Å²) in [6.07, 6.45) is 0. The smallest absolute Gasteiger partial charge is 0.870 e. The third-order valence-corrected chi connectivity index (χ3v) is 0. The molecule has 59 heteroatoms. The average Bonchev–Trinajstić information content (AvgIpc) is 2.47. The Hall–Kier alpha value is 3.83. The molecule has 0 aliphatic carbocycles. The van der Waals surface area contributed by atoms with Crippen LogP contribution in [0.5, 0.6) is 0 Å². The van der Waals surface area contributed by atoms with Gasteiger partial charge >= 0.3 is 254 Å². The summed E-state index contributed by atoms with van der Waals surface area (Å²) in [5, 5.41) is 0. The molecule has 0 bridgehead atoms. The Morgan fingerprint density at radius 1 is 0.169 bits per heavy atom. The van der Waals surface area contributed by atoms with E-state index in [4.69, 9.17) is 141 Å². The molecule has 10 N–H and O–H groups in total. The molecule has 0 aromatic rings. The van der Waals surface area contributed by atoms with Crippen LogP contribution in [0, 0.1) is 0 Å². The maximum atomic E-state index is 8.52. The van der Waals surface area contributed by atoms with Crippen LogP contribution in [0.4, 0.5) is 0 Å². The number of rotatable bonds is 0. The minimum atomic E-state index is -3.63. The fraction of sp³-hybridized carbons (Fsp3) is 0. The van der Waals surface area contributed by atoms with Crippen LogP contribution >= 0.6 is 0 Å². The van der Waals surface area contributed by atoms with Gasteiger partial charge in [-0.3, -0.25) is 0 Å². The van der Waals surface area contributed by atoms with E-state index in [0.29, 0.717) is 0 Å². The van der Waals surface area contributed by atoms with Gasteiger partial charge in [-0.1, -0.05) is 0 Å². The van der Waals surface area contributed by atoms with Gasteiger partial charge in [0.05, 0.1) is 0 Å². The van der Waals surface area contributed by atoms with Crippen LogP contribution in [0.1, 0.15) is 0 Å². The van der Waals surface area contributed by atoms with Crippen molar-refractivity contribution < 1.29 is 251 Å². The van der Waals surface area contributed by atoms with E-state index < -0.39 is 91.7 Å². The first-order valence-electron chi connectivity index (χ1n) is 6.12. The van der Waals surface area contributed by atoms with Crippen molar-refractivity contribution in [3.8, 4) is 0 Å². The van der Waals surface area contributed by atoms with Gasteiger partial charge in [0.25, 0.3) is 0 Å². The Labute approximate surface area is 531 Å². The van der Waals surface area contributed by atoms with E-state index in [0.717, 1.165) is 0 Å². The van der Waals surface area contributed by atoms with Crippen LogP contribution in [0.2, 0.25) is 0 Å². The van der Waals surface area contributed by atoms with Crippen molar-refractivity contribution in [2.75, 3.05) is 0 Å². The summed E-state index contributed by atoms with van der Waals surface area (Å²) in [6.45, 7) is 0. The van der Waals surface area contributed by atoms with E-state index in [9.17, 15) is 0 Å². The second kappa shape index (κ2) is 200. The van der Waals surface area contributed by atoms with Crippen LogP contribution in [0.25, 0.3) is 0 Å². The predicted molar refractivity (Wildman–Crippen MR) is 118 cm³/mol. The molecule has 0 saturated heterocycles. The van der Waals surface area contributed by atoms with Gasteiger partial charge < -0.3 is 195 Å². The zero-order valence-electron chi connectivity index (χ0n) is 26.9. The molecule has 0 aromatic carbocycles. The quantitative estimate of drug-likeness (QED) is 0.203. The van der Waals surface area contributed by atoms with Crippen LogP contribution in [0.3, 0.4) is 0 Å². The standard InChI is InChI=1S/3Al.3Ba.10O3Si.10H2O.3V/c;;;;;;10*1-4(2)3;;;;;;;;;;;;;/h;;;;;;;;;;;;;;;;10*1H2;;;/q3*+3;3*+2;10*-2;;;;;;;;;;;3*+5/p-10. The molecule has 59 heavy (non-hydrogen) atoms. The number of hydrogen-bond acceptors (Lipinski definition) is 40. The van der Waals surface area contributed by atoms with Crippen molar-refractivity contribution in [3.63, 3.8) is 0 Å². The molecule has 0 heterocycles. The molecule has 0 spiro atoms. The molecule has 0 amide bonds. The molecule has 0 aliphatic rings. The maximum Gasteiger partial charge on any atom is 5.00 e. The molecule has 0 rings (SSSR count). The van der Waals surface area contributed by atoms with E-state index in [1.165, 1.54) is 0 Å². The Morgan fingerprint density at radius 2 is 0.169 bits per heavy atom. The molecule has 0 fully saturated rings. The minimum Gasteiger partial charge on any atom is -0.870 e. The summed E-state index contributed by atoms with van der Waals surface area (Å²) in [5.41, 5.74) is 0. The fourth-order valence-corrected chi connectivity index (χ4v) is 0. The van der Waals surface area contributed by atoms with Gasteiger partial charge in [-0.15, -0.1) is 0 Å². The summed E-state index contributed by atoms with van der Waals surface area (Å²) < 4.78 is 85.2. The molecule has 0 radical (unpaired) electrons. The first kappa shape index (κ1) is 210. The van der Waals surface area contributed by atoms with Crippen molar-refractivity contribution in [3.05, 3.63) is 0 Å². The predicted octanol–water partition coefficient (Wildman–Crippen LogP) is -32.8. The summed E-state index contributed by atoms with van der Waals surface area (Å²) in [4.78, 5) is 170. The van der Waals surface area contributed by atoms with Crippen LogP contribution in [-0.4, -0.2) is 345 Å². The molecular weight excluding hydrogens is 1570 g/mol. The fourth-order valence-electron chi connectivity index (χ4n) is 0. The number of hydrogen-bond donors (Lipinski definition) is 0. The zero-order chi connectivity index (χ0) is 35.8. The van der Waals surface area contributed by atoms with E-state index in [1.807, 2.05) is 0 Å². The second-order valence-electron chi connectivity index (χ2n) is 2.50. The Morgan fingerprint density at radius 3 is 0.169 bits per heavy atom. The van der Waals surface area contributed by atoms with E-state index in [1.54, 1.807) is 0 Å². The van der Waals surface area contributed by atoms with E-state index in [2.05, 4.69) is 0 Å². The second-order valence-corrected chi connectivity index (χ2v) is 7.50. The molecule has 0 aromatic heterocycles. The van der Waals surface area contributed by atoms with Crippen LogP contribution in [-0.2, 0) is 100 Å². The zero-order valence-corrected chi connectivity index (χ0v) is 57.9. The summed E-state index contributed by atoms with van der Waals surface area (Å²) in [7, 11) is -36.3. The van der Waals surface area contributed by atoms with Crippen molar-refractivity contribution in [1.82, 2.24) is 0 Å². The summed E-state index contributed by atoms with van der Waals surface area (Å²) in [6, 6.07) is 0. The summed E-state index contributed by atoms with van der Waals surface area (Å²) in [5.74, 6) is 0. The van der Waals surface area contributed by atoms with Gasteiger partial charge in [0.2, 0.25) is 0 Å². The first-order chi connectivity index (χ1) is 17.3. The molecule has 40 nitrogen and oxygen atoms in total. The molecule has 0 saturated carbocycles. The Balaban J connectivity index is -0.00000000606. The first-order valence-corrected chi connectivity index (χ1v) is 18.4. The Bertz CT molecular complexity index is 516. The molecule has 0 unspecified atom stereocenters. The molecule has 320 valence electrons. The van der Waals surface area contributed by atoms with Crippen molar-refractivity contribution in [1.29, 1.82) is 0 Å². The van der Waals surface area contributed by atoms with Gasteiger partial charge in [-0.05, 0) is 0 Å². The van der Waals surface area contributed by atoms with Gasteiger partial charge in [-0.2, -0.15) is 0 Å². The molecule has 0 atom stereocenters. The van der Waals surface area contributed by atoms with E-state index >= 15 is 0 Å². The van der Waals surface area contributed by atoms with Gasteiger partial charge in [0.15, 0.2) is 0 Å². The maximum absolute atomic E-state index is 8.52. The largest absolute Gasteiger partial charge is 5.00 e. The van der Waals surface area contributed by atoms with Crippen LogP contribution < -0.4 is 95.9 Å². The molecule has 0 aliphatic heterocycles. The van der Waals surface area contributed by atoms with Crippen molar-refractivity contribution in [2.24, 2.45) is 0 Å². The third-order valence-electron chi connectivity index (χ3n) is 0. The van der Waals surface area contributed by atoms with Crippen molar-refractivity contribution in [2.45, 2.75) is 0 Å². The van der Waals surface area contributed by atoms with E-state index in [-0.39, 0.29) is 309 Å². The van der Waals surface area contributed by atoms with Crippen LogP contribution in [0.15, 0.2) is 0 Å². The SMILES string of the molecule is O=[Si]([O-])[O-].O=[Si]([O-])[O-].O=[Si]([O-])[O-].O=[Si]([O-])[O-].O=[Si]([O-])[O-].O=[Si]([O-])[O-].O=[Si]([O-])[O-].O=[Si]([O-])[O-].O=[Si]([O-])[O-].O=[Si]([O-])[O-].[Al+3].[Al+3].[Al+3].[Ba+2].[Ba+2].[Ba+2].[OH-].[OH-].[OH-].[OH-].[OH-].[OH-].[OH-].[OH-].[OH-].[OH-].[V+5].[V+5].[V+5]. The van der Waals surface area contributed by atoms with Crippen molar-refractivity contribution >= 4 is 290 Å². The van der Waals surface area contributed by atoms with Gasteiger partial charge in [-0.25, -0.2) is 0 Å². The van der Waals surface area contributed by atoms with Gasteiger partial charge in [0, 0.05) is 91.7 Å². The Kier molecular flexibility index (Phi) is 711. The average molecular weight is 1580 g/mol. The topological polar surface area (TPSA) is 932 Å².